The Kier molecular flexibility index (Phi) is 4.60. The van der Waals surface area contributed by atoms with Gasteiger partial charge in [0.25, 0.3) is 0 Å². The van der Waals surface area contributed by atoms with Crippen LogP contribution in [0, 0.1) is 5.92 Å². The molecule has 1 heterocycles. The topological polar surface area (TPSA) is 29.9 Å². The molecule has 2 rings (SSSR count). The zero-order valence-corrected chi connectivity index (χ0v) is 11.2. The van der Waals surface area contributed by atoms with Crippen LogP contribution in [0.3, 0.4) is 0 Å². The van der Waals surface area contributed by atoms with Gasteiger partial charge in [0, 0.05) is 19.3 Å². The van der Waals surface area contributed by atoms with Gasteiger partial charge in [0.2, 0.25) is 0 Å². The van der Waals surface area contributed by atoms with E-state index < -0.39 is 0 Å². The molecule has 1 saturated carbocycles. The summed E-state index contributed by atoms with van der Waals surface area (Å²) in [6.07, 6.45) is 13.6. The van der Waals surface area contributed by atoms with Crippen molar-refractivity contribution in [1.29, 1.82) is 0 Å². The first-order chi connectivity index (χ1) is 8.29. The quantitative estimate of drug-likeness (QED) is 0.850. The molecular weight excluding hydrogens is 210 g/mol. The molecule has 0 amide bonds. The Labute approximate surface area is 105 Å². The van der Waals surface area contributed by atoms with Crippen LogP contribution >= 0.6 is 0 Å². The van der Waals surface area contributed by atoms with E-state index >= 15 is 0 Å². The van der Waals surface area contributed by atoms with Gasteiger partial charge in [-0.1, -0.05) is 19.3 Å². The summed E-state index contributed by atoms with van der Waals surface area (Å²) in [6, 6.07) is 0.690. The van der Waals surface area contributed by atoms with Gasteiger partial charge in [0.05, 0.1) is 6.20 Å². The van der Waals surface area contributed by atoms with Crippen molar-refractivity contribution in [2.75, 3.05) is 7.05 Å². The Morgan fingerprint density at radius 1 is 1.41 bits per heavy atom. The molecule has 0 spiro atoms. The molecule has 1 fully saturated rings. The maximum atomic E-state index is 4.23. The summed E-state index contributed by atoms with van der Waals surface area (Å²) in [4.78, 5) is 0. The lowest BCUT2D eigenvalue weighted by atomic mass is 9.82. The summed E-state index contributed by atoms with van der Waals surface area (Å²) in [7, 11) is 4.10. The minimum atomic E-state index is 0.690. The second kappa shape index (κ2) is 6.20. The minimum absolute atomic E-state index is 0.690. The van der Waals surface area contributed by atoms with Crippen molar-refractivity contribution in [3.05, 3.63) is 18.0 Å². The Hall–Kier alpha value is -0.830. The number of rotatable bonds is 5. The van der Waals surface area contributed by atoms with Crippen LogP contribution < -0.4 is 5.32 Å². The van der Waals surface area contributed by atoms with Crippen molar-refractivity contribution in [1.82, 2.24) is 15.1 Å². The largest absolute Gasteiger partial charge is 0.317 e. The Bertz CT molecular complexity index is 326. The predicted molar refractivity (Wildman–Crippen MR) is 71.0 cm³/mol. The van der Waals surface area contributed by atoms with Gasteiger partial charge in [-0.2, -0.15) is 5.10 Å². The van der Waals surface area contributed by atoms with E-state index in [1.54, 1.807) is 0 Å². The van der Waals surface area contributed by atoms with E-state index in [2.05, 4.69) is 23.7 Å². The molecule has 0 aliphatic heterocycles. The van der Waals surface area contributed by atoms with E-state index in [0.717, 1.165) is 12.3 Å². The number of aromatic nitrogens is 2. The summed E-state index contributed by atoms with van der Waals surface area (Å²) >= 11 is 0. The predicted octanol–water partition coefficient (Wildman–Crippen LogP) is 2.52. The van der Waals surface area contributed by atoms with Crippen molar-refractivity contribution in [2.24, 2.45) is 13.0 Å². The van der Waals surface area contributed by atoms with Crippen LogP contribution in [0.25, 0.3) is 0 Å². The van der Waals surface area contributed by atoms with Crippen molar-refractivity contribution >= 4 is 0 Å². The van der Waals surface area contributed by atoms with Gasteiger partial charge in [-0.3, -0.25) is 4.68 Å². The fourth-order valence-corrected chi connectivity index (χ4v) is 3.08. The number of nitrogens with one attached hydrogen (secondary N) is 1. The average molecular weight is 235 g/mol. The maximum Gasteiger partial charge on any atom is 0.0521 e. The summed E-state index contributed by atoms with van der Waals surface area (Å²) in [6.45, 7) is 0. The zero-order chi connectivity index (χ0) is 12.1. The minimum Gasteiger partial charge on any atom is -0.317 e. The van der Waals surface area contributed by atoms with E-state index in [-0.39, 0.29) is 0 Å². The van der Waals surface area contributed by atoms with Crippen LogP contribution in [0.2, 0.25) is 0 Å². The fourth-order valence-electron chi connectivity index (χ4n) is 3.08. The normalized spacial score (nSPS) is 19.4. The molecule has 0 radical (unpaired) electrons. The highest BCUT2D eigenvalue weighted by Gasteiger charge is 2.21. The van der Waals surface area contributed by atoms with E-state index in [0.29, 0.717) is 6.04 Å². The Morgan fingerprint density at radius 3 is 2.76 bits per heavy atom. The van der Waals surface area contributed by atoms with Gasteiger partial charge in [0.15, 0.2) is 0 Å². The van der Waals surface area contributed by atoms with Gasteiger partial charge < -0.3 is 5.32 Å². The Morgan fingerprint density at radius 2 is 2.18 bits per heavy atom. The van der Waals surface area contributed by atoms with E-state index in [1.807, 2.05) is 17.9 Å². The number of aryl methyl sites for hydroxylation is 2. The monoisotopic (exact) mass is 235 g/mol. The summed E-state index contributed by atoms with van der Waals surface area (Å²) in [5.41, 5.74) is 1.36. The zero-order valence-electron chi connectivity index (χ0n) is 11.2. The van der Waals surface area contributed by atoms with Gasteiger partial charge >= 0.3 is 0 Å². The maximum absolute atomic E-state index is 4.23. The molecule has 1 N–H and O–H groups in total. The van der Waals surface area contributed by atoms with Crippen LogP contribution in [0.4, 0.5) is 0 Å². The number of hydrogen-bond acceptors (Lipinski definition) is 2. The van der Waals surface area contributed by atoms with Crippen molar-refractivity contribution in [2.45, 2.75) is 51.0 Å². The highest BCUT2D eigenvalue weighted by atomic mass is 15.2. The molecule has 96 valence electrons. The Balaban J connectivity index is 1.82. The number of hydrogen-bond donors (Lipinski definition) is 1. The average Bonchev–Trinajstić information content (AvgIpc) is 2.77. The smallest absolute Gasteiger partial charge is 0.0521 e. The highest BCUT2D eigenvalue weighted by Crippen LogP contribution is 2.28. The third kappa shape index (κ3) is 3.56. The fraction of sp³-hybridized carbons (Fsp3) is 0.786. The molecule has 3 heteroatoms. The number of nitrogens with zero attached hydrogens (tertiary/aromatic N) is 2. The molecule has 1 unspecified atom stereocenters. The molecule has 0 aromatic carbocycles. The third-order valence-electron chi connectivity index (χ3n) is 4.09. The van der Waals surface area contributed by atoms with Crippen LogP contribution in [0.1, 0.15) is 44.1 Å². The molecular formula is C14H25N3. The van der Waals surface area contributed by atoms with Gasteiger partial charge in [0.1, 0.15) is 0 Å². The van der Waals surface area contributed by atoms with Crippen molar-refractivity contribution in [3.63, 3.8) is 0 Å². The molecule has 1 aliphatic carbocycles. The van der Waals surface area contributed by atoms with E-state index in [9.17, 15) is 0 Å². The van der Waals surface area contributed by atoms with Crippen LogP contribution in [-0.2, 0) is 13.5 Å². The molecule has 1 aromatic rings. The third-order valence-corrected chi connectivity index (χ3v) is 4.09. The summed E-state index contributed by atoms with van der Waals surface area (Å²) in [5, 5.41) is 7.75. The standard InChI is InChI=1S/C14H25N3/c1-15-14(13-6-4-3-5-7-13)9-8-12-10-16-17(2)11-12/h10-11,13-15H,3-9H2,1-2H3. The lowest BCUT2D eigenvalue weighted by Gasteiger charge is -2.30. The van der Waals surface area contributed by atoms with Crippen LogP contribution in [-0.4, -0.2) is 22.9 Å². The molecule has 1 aromatic heterocycles. The van der Waals surface area contributed by atoms with E-state index in [1.165, 1.54) is 44.1 Å². The van der Waals surface area contributed by atoms with Gasteiger partial charge in [-0.05, 0) is 44.2 Å². The van der Waals surface area contributed by atoms with Gasteiger partial charge in [-0.25, -0.2) is 0 Å². The first kappa shape index (κ1) is 12.6. The molecule has 1 aliphatic rings. The first-order valence-corrected chi connectivity index (χ1v) is 6.94. The van der Waals surface area contributed by atoms with Crippen LogP contribution in [0.15, 0.2) is 12.4 Å². The summed E-state index contributed by atoms with van der Waals surface area (Å²) < 4.78 is 1.89. The summed E-state index contributed by atoms with van der Waals surface area (Å²) in [5.74, 6) is 0.894. The first-order valence-electron chi connectivity index (χ1n) is 6.94. The second-order valence-electron chi connectivity index (χ2n) is 5.35. The highest BCUT2D eigenvalue weighted by molar-refractivity contribution is 5.04. The molecule has 0 saturated heterocycles. The molecule has 17 heavy (non-hydrogen) atoms. The van der Waals surface area contributed by atoms with Crippen molar-refractivity contribution in [3.8, 4) is 0 Å². The lowest BCUT2D eigenvalue weighted by molar-refractivity contribution is 0.268. The molecule has 1 atom stereocenters. The van der Waals surface area contributed by atoms with Crippen molar-refractivity contribution < 1.29 is 0 Å². The lowest BCUT2D eigenvalue weighted by Crippen LogP contribution is -2.35. The van der Waals surface area contributed by atoms with Gasteiger partial charge in [-0.15, -0.1) is 0 Å². The molecule has 3 nitrogen and oxygen atoms in total. The molecule has 0 bridgehead atoms. The van der Waals surface area contributed by atoms with E-state index in [4.69, 9.17) is 0 Å². The second-order valence-corrected chi connectivity index (χ2v) is 5.35. The van der Waals surface area contributed by atoms with Crippen LogP contribution in [0.5, 0.6) is 0 Å². The SMILES string of the molecule is CNC(CCc1cnn(C)c1)C1CCCCC1.